The molecule has 2 amide bonds. The average molecular weight is 408 g/mol. The lowest BCUT2D eigenvalue weighted by Crippen LogP contribution is -2.63. The summed E-state index contributed by atoms with van der Waals surface area (Å²) < 4.78 is 38.2. The van der Waals surface area contributed by atoms with Crippen molar-refractivity contribution >= 4 is 11.8 Å². The van der Waals surface area contributed by atoms with Crippen molar-refractivity contribution in [1.82, 2.24) is 15.5 Å². The molecule has 3 rings (SSSR count). The maximum absolute atomic E-state index is 12.7. The van der Waals surface area contributed by atoms with Gasteiger partial charge in [-0.15, -0.1) is 0 Å². The van der Waals surface area contributed by atoms with E-state index in [-0.39, 0.29) is 30.0 Å². The van der Waals surface area contributed by atoms with Gasteiger partial charge in [0.15, 0.2) is 0 Å². The molecule has 0 unspecified atom stereocenters. The first-order valence-corrected chi connectivity index (χ1v) is 9.64. The van der Waals surface area contributed by atoms with Gasteiger partial charge in [0.25, 0.3) is 5.91 Å². The number of likely N-dealkylation sites (tertiary alicyclic amines) is 1. The Morgan fingerprint density at radius 3 is 2.48 bits per heavy atom. The number of nitrogens with one attached hydrogen (secondary N) is 2. The fraction of sp³-hybridized carbons (Fsp3) is 0.550. The molecule has 1 saturated carbocycles. The van der Waals surface area contributed by atoms with Gasteiger partial charge in [0, 0.05) is 30.6 Å². The van der Waals surface area contributed by atoms with Crippen LogP contribution in [0.25, 0.3) is 0 Å². The molecule has 2 aliphatic rings. The third-order valence-electron chi connectivity index (χ3n) is 5.53. The SMILES string of the molecule is N#CC1CCC(N2CC(NC(=O)CNC(=O)c3cccc(C(F)(F)F)c3)C2)CC1. The van der Waals surface area contributed by atoms with Crippen molar-refractivity contribution in [2.75, 3.05) is 19.6 Å². The van der Waals surface area contributed by atoms with Crippen LogP contribution in [-0.4, -0.2) is 48.4 Å². The third kappa shape index (κ3) is 5.48. The summed E-state index contributed by atoms with van der Waals surface area (Å²) in [6.45, 7) is 1.17. The first kappa shape index (κ1) is 21.1. The summed E-state index contributed by atoms with van der Waals surface area (Å²) in [7, 11) is 0. The summed E-state index contributed by atoms with van der Waals surface area (Å²) in [6.07, 6.45) is -0.720. The molecule has 0 atom stereocenters. The summed E-state index contributed by atoms with van der Waals surface area (Å²) in [4.78, 5) is 26.3. The van der Waals surface area contributed by atoms with E-state index in [9.17, 15) is 22.8 Å². The van der Waals surface area contributed by atoms with Crippen molar-refractivity contribution in [2.45, 2.75) is 43.9 Å². The van der Waals surface area contributed by atoms with Crippen LogP contribution in [0.15, 0.2) is 24.3 Å². The highest BCUT2D eigenvalue weighted by molar-refractivity contribution is 5.96. The van der Waals surface area contributed by atoms with E-state index >= 15 is 0 Å². The molecule has 0 bridgehead atoms. The summed E-state index contributed by atoms with van der Waals surface area (Å²) in [5.74, 6) is -0.942. The Balaban J connectivity index is 1.38. The lowest BCUT2D eigenvalue weighted by Gasteiger charge is -2.46. The Morgan fingerprint density at radius 2 is 1.86 bits per heavy atom. The average Bonchev–Trinajstić information content (AvgIpc) is 2.68. The van der Waals surface area contributed by atoms with Gasteiger partial charge in [-0.2, -0.15) is 18.4 Å². The second kappa shape index (κ2) is 8.82. The number of carbonyl (C=O) groups is 2. The van der Waals surface area contributed by atoms with Crippen LogP contribution in [0.4, 0.5) is 13.2 Å². The fourth-order valence-corrected chi connectivity index (χ4v) is 3.85. The minimum atomic E-state index is -4.53. The number of nitrogens with zero attached hydrogens (tertiary/aromatic N) is 2. The highest BCUT2D eigenvalue weighted by atomic mass is 19.4. The number of amides is 2. The molecule has 1 aromatic rings. The highest BCUT2D eigenvalue weighted by Gasteiger charge is 2.35. The van der Waals surface area contributed by atoms with E-state index in [2.05, 4.69) is 21.6 Å². The Kier molecular flexibility index (Phi) is 6.42. The standard InChI is InChI=1S/C20H23F3N4O2/c21-20(22,23)15-3-1-2-14(8-15)19(29)25-10-18(28)26-16-11-27(12-16)17-6-4-13(9-24)5-7-17/h1-3,8,13,16-17H,4-7,10-12H2,(H,25,29)(H,26,28). The summed E-state index contributed by atoms with van der Waals surface area (Å²) in [5, 5.41) is 14.1. The predicted octanol–water partition coefficient (Wildman–Crippen LogP) is 2.32. The molecule has 1 heterocycles. The van der Waals surface area contributed by atoms with Crippen molar-refractivity contribution in [3.63, 3.8) is 0 Å². The van der Waals surface area contributed by atoms with E-state index in [1.807, 2.05) is 0 Å². The van der Waals surface area contributed by atoms with Crippen molar-refractivity contribution in [3.8, 4) is 6.07 Å². The van der Waals surface area contributed by atoms with Gasteiger partial charge in [-0.1, -0.05) is 6.07 Å². The zero-order valence-electron chi connectivity index (χ0n) is 15.8. The van der Waals surface area contributed by atoms with E-state index in [0.29, 0.717) is 6.04 Å². The zero-order valence-corrected chi connectivity index (χ0v) is 15.8. The zero-order chi connectivity index (χ0) is 21.0. The highest BCUT2D eigenvalue weighted by Crippen LogP contribution is 2.30. The molecule has 1 aliphatic carbocycles. The van der Waals surface area contributed by atoms with E-state index < -0.39 is 17.6 Å². The van der Waals surface area contributed by atoms with Gasteiger partial charge in [-0.3, -0.25) is 14.5 Å². The number of halogens is 3. The van der Waals surface area contributed by atoms with E-state index in [0.717, 1.165) is 57.0 Å². The maximum atomic E-state index is 12.7. The van der Waals surface area contributed by atoms with Gasteiger partial charge in [0.1, 0.15) is 0 Å². The van der Waals surface area contributed by atoms with Crippen molar-refractivity contribution in [3.05, 3.63) is 35.4 Å². The van der Waals surface area contributed by atoms with Crippen LogP contribution in [0.1, 0.15) is 41.6 Å². The van der Waals surface area contributed by atoms with Gasteiger partial charge < -0.3 is 10.6 Å². The van der Waals surface area contributed by atoms with Crippen LogP contribution >= 0.6 is 0 Å². The van der Waals surface area contributed by atoms with Gasteiger partial charge in [0.05, 0.1) is 24.2 Å². The molecule has 9 heteroatoms. The smallest absolute Gasteiger partial charge is 0.349 e. The number of hydrogen-bond acceptors (Lipinski definition) is 4. The van der Waals surface area contributed by atoms with Crippen LogP contribution in [-0.2, 0) is 11.0 Å². The van der Waals surface area contributed by atoms with Gasteiger partial charge in [-0.05, 0) is 43.9 Å². The van der Waals surface area contributed by atoms with Crippen molar-refractivity contribution in [2.24, 2.45) is 5.92 Å². The monoisotopic (exact) mass is 408 g/mol. The van der Waals surface area contributed by atoms with E-state index in [4.69, 9.17) is 5.26 Å². The minimum Gasteiger partial charge on any atom is -0.349 e. The van der Waals surface area contributed by atoms with E-state index in [1.54, 1.807) is 0 Å². The van der Waals surface area contributed by atoms with Crippen LogP contribution in [0.3, 0.4) is 0 Å². The predicted molar refractivity (Wildman–Crippen MR) is 98.6 cm³/mol. The third-order valence-corrected chi connectivity index (χ3v) is 5.53. The molecular formula is C20H23F3N4O2. The number of hydrogen-bond donors (Lipinski definition) is 2. The normalized spacial score (nSPS) is 23.0. The molecule has 1 aromatic carbocycles. The quantitative estimate of drug-likeness (QED) is 0.783. The van der Waals surface area contributed by atoms with Crippen LogP contribution in [0.2, 0.25) is 0 Å². The molecule has 29 heavy (non-hydrogen) atoms. The molecule has 1 aliphatic heterocycles. The number of alkyl halides is 3. The number of nitriles is 1. The molecule has 0 aromatic heterocycles. The molecular weight excluding hydrogens is 385 g/mol. The number of rotatable bonds is 5. The lowest BCUT2D eigenvalue weighted by atomic mass is 9.85. The largest absolute Gasteiger partial charge is 0.416 e. The van der Waals surface area contributed by atoms with Crippen LogP contribution < -0.4 is 10.6 Å². The molecule has 1 saturated heterocycles. The molecule has 0 radical (unpaired) electrons. The summed E-state index contributed by atoms with van der Waals surface area (Å²) in [6, 6.07) is 6.85. The minimum absolute atomic E-state index is 0.00153. The maximum Gasteiger partial charge on any atom is 0.416 e. The first-order chi connectivity index (χ1) is 13.8. The molecule has 156 valence electrons. The molecule has 6 nitrogen and oxygen atoms in total. The van der Waals surface area contributed by atoms with Gasteiger partial charge in [0.2, 0.25) is 5.91 Å². The molecule has 0 spiro atoms. The summed E-state index contributed by atoms with van der Waals surface area (Å²) >= 11 is 0. The van der Waals surface area contributed by atoms with Crippen LogP contribution in [0.5, 0.6) is 0 Å². The molecule has 2 fully saturated rings. The van der Waals surface area contributed by atoms with Gasteiger partial charge >= 0.3 is 6.18 Å². The fourth-order valence-electron chi connectivity index (χ4n) is 3.85. The Bertz CT molecular complexity index is 792. The second-order valence-corrected chi connectivity index (χ2v) is 7.61. The summed E-state index contributed by atoms with van der Waals surface area (Å²) in [5.41, 5.74) is -1.05. The first-order valence-electron chi connectivity index (χ1n) is 9.64. The number of benzene rings is 1. The Morgan fingerprint density at radius 1 is 1.17 bits per heavy atom. The molecule has 2 N–H and O–H groups in total. The second-order valence-electron chi connectivity index (χ2n) is 7.61. The number of carbonyl (C=O) groups excluding carboxylic acids is 2. The van der Waals surface area contributed by atoms with Crippen LogP contribution in [0, 0.1) is 17.2 Å². The Labute approximate surface area is 167 Å². The van der Waals surface area contributed by atoms with Gasteiger partial charge in [-0.25, -0.2) is 0 Å². The van der Waals surface area contributed by atoms with Crippen molar-refractivity contribution in [1.29, 1.82) is 5.26 Å². The van der Waals surface area contributed by atoms with E-state index in [1.165, 1.54) is 6.07 Å². The van der Waals surface area contributed by atoms with Crippen molar-refractivity contribution < 1.29 is 22.8 Å². The lowest BCUT2D eigenvalue weighted by molar-refractivity contribution is -0.137. The Hall–Kier alpha value is -2.60. The topological polar surface area (TPSA) is 85.2 Å².